The summed E-state index contributed by atoms with van der Waals surface area (Å²) in [7, 11) is 0. The molecule has 3 heterocycles. The Balaban J connectivity index is 2.14. The van der Waals surface area contributed by atoms with Crippen molar-refractivity contribution in [3.63, 3.8) is 0 Å². The first kappa shape index (κ1) is 16.7. The topological polar surface area (TPSA) is 71.6 Å². The van der Waals surface area contributed by atoms with Gasteiger partial charge in [0.2, 0.25) is 0 Å². The monoisotopic (exact) mass is 340 g/mol. The molecule has 0 amide bonds. The molecule has 2 aromatic rings. The van der Waals surface area contributed by atoms with E-state index < -0.39 is 0 Å². The van der Waals surface area contributed by atoms with Gasteiger partial charge in [-0.1, -0.05) is 39.5 Å². The SMILES string of the molecule is CC1CSc2nc(-c3ccc(C(C)(C)C)nc3)c(C#N)c(=O)n2C1. The van der Waals surface area contributed by atoms with Crippen LogP contribution in [0.4, 0.5) is 0 Å². The lowest BCUT2D eigenvalue weighted by Gasteiger charge is -2.23. The molecule has 0 aromatic carbocycles. The lowest BCUT2D eigenvalue weighted by molar-refractivity contribution is 0.460. The zero-order valence-corrected chi connectivity index (χ0v) is 15.1. The quantitative estimate of drug-likeness (QED) is 0.745. The van der Waals surface area contributed by atoms with Gasteiger partial charge in [0.05, 0.1) is 5.69 Å². The van der Waals surface area contributed by atoms with Gasteiger partial charge in [0.25, 0.3) is 5.56 Å². The van der Waals surface area contributed by atoms with Crippen LogP contribution in [-0.2, 0) is 12.0 Å². The van der Waals surface area contributed by atoms with E-state index in [4.69, 9.17) is 0 Å². The van der Waals surface area contributed by atoms with E-state index in [1.54, 1.807) is 22.5 Å². The van der Waals surface area contributed by atoms with Crippen LogP contribution in [0.3, 0.4) is 0 Å². The number of aromatic nitrogens is 3. The first-order valence-electron chi connectivity index (χ1n) is 7.96. The summed E-state index contributed by atoms with van der Waals surface area (Å²) in [6.07, 6.45) is 1.70. The number of thioether (sulfide) groups is 1. The van der Waals surface area contributed by atoms with Gasteiger partial charge in [-0.2, -0.15) is 5.26 Å². The van der Waals surface area contributed by atoms with Crippen LogP contribution < -0.4 is 5.56 Å². The summed E-state index contributed by atoms with van der Waals surface area (Å²) in [4.78, 5) is 21.8. The van der Waals surface area contributed by atoms with Crippen LogP contribution in [0.15, 0.2) is 28.3 Å². The van der Waals surface area contributed by atoms with Gasteiger partial charge in [0.15, 0.2) is 5.16 Å². The maximum Gasteiger partial charge on any atom is 0.272 e. The van der Waals surface area contributed by atoms with Crippen molar-refractivity contribution in [1.82, 2.24) is 14.5 Å². The van der Waals surface area contributed by atoms with Crippen LogP contribution in [0.5, 0.6) is 0 Å². The molecule has 124 valence electrons. The third-order valence-electron chi connectivity index (χ3n) is 4.04. The van der Waals surface area contributed by atoms with Crippen molar-refractivity contribution in [1.29, 1.82) is 5.26 Å². The highest BCUT2D eigenvalue weighted by molar-refractivity contribution is 7.99. The summed E-state index contributed by atoms with van der Waals surface area (Å²) in [5.41, 5.74) is 1.90. The van der Waals surface area contributed by atoms with Crippen molar-refractivity contribution in [3.8, 4) is 17.3 Å². The molecule has 0 aliphatic carbocycles. The van der Waals surface area contributed by atoms with E-state index in [0.717, 1.165) is 11.4 Å². The molecule has 1 unspecified atom stereocenters. The lowest BCUT2D eigenvalue weighted by Crippen LogP contribution is -2.32. The van der Waals surface area contributed by atoms with Crippen LogP contribution in [0.1, 0.15) is 39.0 Å². The number of nitriles is 1. The number of nitrogens with zero attached hydrogens (tertiary/aromatic N) is 4. The number of pyridine rings is 1. The Bertz CT molecular complexity index is 872. The summed E-state index contributed by atoms with van der Waals surface area (Å²) in [5, 5.41) is 10.2. The Hall–Kier alpha value is -2.13. The largest absolute Gasteiger partial charge is 0.286 e. The average Bonchev–Trinajstić information content (AvgIpc) is 2.54. The highest BCUT2D eigenvalue weighted by atomic mass is 32.2. The maximum atomic E-state index is 12.7. The molecule has 1 atom stereocenters. The van der Waals surface area contributed by atoms with Crippen LogP contribution in [0.25, 0.3) is 11.3 Å². The standard InChI is InChI=1S/C18H20N4OS/c1-11-9-22-16(23)13(7-19)15(21-17(22)24-10-11)12-5-6-14(20-8-12)18(2,3)4/h5-6,8,11H,9-10H2,1-4H3. The molecule has 0 radical (unpaired) electrons. The maximum absolute atomic E-state index is 12.7. The molecular formula is C18H20N4OS. The zero-order valence-electron chi connectivity index (χ0n) is 14.3. The Kier molecular flexibility index (Phi) is 4.22. The molecule has 0 saturated heterocycles. The number of rotatable bonds is 1. The molecule has 0 N–H and O–H groups in total. The zero-order chi connectivity index (χ0) is 17.5. The van der Waals surface area contributed by atoms with E-state index >= 15 is 0 Å². The van der Waals surface area contributed by atoms with Gasteiger partial charge in [-0.3, -0.25) is 14.3 Å². The molecule has 0 bridgehead atoms. The Morgan fingerprint density at radius 3 is 2.71 bits per heavy atom. The van der Waals surface area contributed by atoms with E-state index in [1.807, 2.05) is 18.2 Å². The molecule has 6 heteroatoms. The molecule has 0 fully saturated rings. The van der Waals surface area contributed by atoms with Crippen molar-refractivity contribution in [2.75, 3.05) is 5.75 Å². The fraction of sp³-hybridized carbons (Fsp3) is 0.444. The smallest absolute Gasteiger partial charge is 0.272 e. The second-order valence-electron chi connectivity index (χ2n) is 7.24. The lowest BCUT2D eigenvalue weighted by atomic mass is 9.91. The molecule has 24 heavy (non-hydrogen) atoms. The van der Waals surface area contributed by atoms with Crippen molar-refractivity contribution < 1.29 is 0 Å². The molecule has 3 rings (SSSR count). The van der Waals surface area contributed by atoms with E-state index in [2.05, 4.69) is 37.7 Å². The molecule has 0 spiro atoms. The summed E-state index contributed by atoms with van der Waals surface area (Å²) in [5.74, 6) is 1.33. The van der Waals surface area contributed by atoms with Crippen molar-refractivity contribution in [2.24, 2.45) is 5.92 Å². The minimum atomic E-state index is -0.253. The Labute approximate surface area is 145 Å². The van der Waals surface area contributed by atoms with Crippen LogP contribution >= 0.6 is 11.8 Å². The Morgan fingerprint density at radius 1 is 1.38 bits per heavy atom. The molecule has 1 aliphatic heterocycles. The van der Waals surface area contributed by atoms with Crippen molar-refractivity contribution >= 4 is 11.8 Å². The first-order chi connectivity index (χ1) is 11.3. The third kappa shape index (κ3) is 2.96. The van der Waals surface area contributed by atoms with Crippen LogP contribution in [0, 0.1) is 17.2 Å². The summed E-state index contributed by atoms with van der Waals surface area (Å²) in [6.45, 7) is 8.99. The molecule has 0 saturated carbocycles. The predicted molar refractivity (Wildman–Crippen MR) is 95.0 cm³/mol. The van der Waals surface area contributed by atoms with Gasteiger partial charge in [0.1, 0.15) is 11.6 Å². The fourth-order valence-corrected chi connectivity index (χ4v) is 3.68. The molecule has 2 aromatic heterocycles. The molecule has 5 nitrogen and oxygen atoms in total. The van der Waals surface area contributed by atoms with Crippen LogP contribution in [-0.4, -0.2) is 20.3 Å². The molecule has 1 aliphatic rings. The molecular weight excluding hydrogens is 320 g/mol. The van der Waals surface area contributed by atoms with Gasteiger partial charge in [-0.05, 0) is 18.1 Å². The summed E-state index contributed by atoms with van der Waals surface area (Å²) < 4.78 is 1.62. The van der Waals surface area contributed by atoms with E-state index in [9.17, 15) is 10.1 Å². The average molecular weight is 340 g/mol. The minimum absolute atomic E-state index is 0.0502. The minimum Gasteiger partial charge on any atom is -0.286 e. The van der Waals surface area contributed by atoms with Gasteiger partial charge in [-0.15, -0.1) is 0 Å². The van der Waals surface area contributed by atoms with Crippen molar-refractivity contribution in [2.45, 2.75) is 44.8 Å². The van der Waals surface area contributed by atoms with Gasteiger partial charge in [-0.25, -0.2) is 4.98 Å². The third-order valence-corrected chi connectivity index (χ3v) is 5.35. The fourth-order valence-electron chi connectivity index (χ4n) is 2.67. The highest BCUT2D eigenvalue weighted by Crippen LogP contribution is 2.29. The summed E-state index contributed by atoms with van der Waals surface area (Å²) in [6, 6.07) is 5.87. The Morgan fingerprint density at radius 2 is 2.12 bits per heavy atom. The van der Waals surface area contributed by atoms with E-state index in [-0.39, 0.29) is 16.5 Å². The number of hydrogen-bond acceptors (Lipinski definition) is 5. The van der Waals surface area contributed by atoms with Crippen LogP contribution in [0.2, 0.25) is 0 Å². The normalized spacial score (nSPS) is 17.2. The first-order valence-corrected chi connectivity index (χ1v) is 8.94. The second-order valence-corrected chi connectivity index (χ2v) is 8.23. The van der Waals surface area contributed by atoms with Gasteiger partial charge in [0, 0.05) is 35.2 Å². The van der Waals surface area contributed by atoms with Gasteiger partial charge < -0.3 is 0 Å². The summed E-state index contributed by atoms with van der Waals surface area (Å²) >= 11 is 1.57. The number of fused-ring (bicyclic) bond motifs is 1. The van der Waals surface area contributed by atoms with E-state index in [0.29, 0.717) is 28.9 Å². The van der Waals surface area contributed by atoms with Crippen molar-refractivity contribution in [3.05, 3.63) is 39.9 Å². The van der Waals surface area contributed by atoms with Gasteiger partial charge >= 0.3 is 0 Å². The number of hydrogen-bond donors (Lipinski definition) is 0. The van der Waals surface area contributed by atoms with E-state index in [1.165, 1.54) is 0 Å². The predicted octanol–water partition coefficient (Wildman–Crippen LogP) is 3.22. The highest BCUT2D eigenvalue weighted by Gasteiger charge is 2.23. The second kappa shape index (κ2) is 6.06.